The number of aryl methyl sites for hydroxylation is 2. The van der Waals surface area contributed by atoms with E-state index in [1.165, 1.54) is 0 Å². The molecule has 0 radical (unpaired) electrons. The van der Waals surface area contributed by atoms with Crippen molar-refractivity contribution in [2.75, 3.05) is 11.4 Å². The summed E-state index contributed by atoms with van der Waals surface area (Å²) in [5, 5.41) is 9.33. The summed E-state index contributed by atoms with van der Waals surface area (Å²) < 4.78 is 0. The Hall–Kier alpha value is -2.43. The number of nitrogens with zero attached hydrogens (tertiary/aromatic N) is 3. The zero-order valence-electron chi connectivity index (χ0n) is 12.5. The van der Waals surface area contributed by atoms with E-state index in [1.54, 1.807) is 12.1 Å². The van der Waals surface area contributed by atoms with Crippen LogP contribution in [-0.4, -0.2) is 27.6 Å². The maximum atomic E-state index is 11.4. The first kappa shape index (κ1) is 15.0. The summed E-state index contributed by atoms with van der Waals surface area (Å²) in [6, 6.07) is 9.14. The van der Waals surface area contributed by atoms with Crippen LogP contribution in [0.2, 0.25) is 0 Å². The number of carboxylic acid groups (broad SMARTS) is 1. The molecule has 0 spiro atoms. The van der Waals surface area contributed by atoms with Crippen LogP contribution in [0.25, 0.3) is 0 Å². The monoisotopic (exact) mass is 285 g/mol. The van der Waals surface area contributed by atoms with Crippen LogP contribution in [0, 0.1) is 13.8 Å². The van der Waals surface area contributed by atoms with Crippen molar-refractivity contribution in [2.45, 2.75) is 27.3 Å². The molecule has 2 aromatic heterocycles. The molecule has 0 atom stereocenters. The molecular weight excluding hydrogens is 266 g/mol. The van der Waals surface area contributed by atoms with E-state index in [4.69, 9.17) is 0 Å². The predicted octanol–water partition coefficient (Wildman–Crippen LogP) is 2.82. The van der Waals surface area contributed by atoms with Gasteiger partial charge in [0.1, 0.15) is 11.4 Å². The van der Waals surface area contributed by atoms with E-state index in [0.717, 1.165) is 17.1 Å². The molecule has 0 aliphatic rings. The van der Waals surface area contributed by atoms with Gasteiger partial charge in [0, 0.05) is 17.9 Å². The summed E-state index contributed by atoms with van der Waals surface area (Å²) in [4.78, 5) is 22.2. The lowest BCUT2D eigenvalue weighted by Crippen LogP contribution is -2.26. The molecule has 0 fully saturated rings. The molecule has 2 rings (SSSR count). The number of anilines is 1. The van der Waals surface area contributed by atoms with Crippen molar-refractivity contribution >= 4 is 11.8 Å². The Morgan fingerprint density at radius 3 is 2.48 bits per heavy atom. The Balaban J connectivity index is 2.37. The Morgan fingerprint density at radius 2 is 1.86 bits per heavy atom. The van der Waals surface area contributed by atoms with Crippen molar-refractivity contribution in [3.05, 3.63) is 53.0 Å². The highest BCUT2D eigenvalue weighted by molar-refractivity contribution is 5.93. The third-order valence-corrected chi connectivity index (χ3v) is 3.22. The molecule has 110 valence electrons. The fourth-order valence-corrected chi connectivity index (χ4v) is 2.17. The summed E-state index contributed by atoms with van der Waals surface area (Å²) in [5.74, 6) is -0.471. The fourth-order valence-electron chi connectivity index (χ4n) is 2.17. The molecule has 0 amide bonds. The number of aromatic carboxylic acids is 1. The SMILES string of the molecule is CCN(Cc1cccc(C)n1)c1nc(C)ccc1C(=O)O. The van der Waals surface area contributed by atoms with E-state index in [0.29, 0.717) is 18.9 Å². The van der Waals surface area contributed by atoms with Gasteiger partial charge in [-0.25, -0.2) is 9.78 Å². The van der Waals surface area contributed by atoms with E-state index < -0.39 is 5.97 Å². The van der Waals surface area contributed by atoms with Crippen LogP contribution >= 0.6 is 0 Å². The average molecular weight is 285 g/mol. The molecule has 21 heavy (non-hydrogen) atoms. The fraction of sp³-hybridized carbons (Fsp3) is 0.312. The molecule has 2 aromatic rings. The number of carbonyl (C=O) groups is 1. The minimum absolute atomic E-state index is 0.218. The highest BCUT2D eigenvalue weighted by Gasteiger charge is 2.17. The van der Waals surface area contributed by atoms with Crippen molar-refractivity contribution in [3.8, 4) is 0 Å². The van der Waals surface area contributed by atoms with Gasteiger partial charge in [0.2, 0.25) is 0 Å². The van der Waals surface area contributed by atoms with Gasteiger partial charge in [-0.3, -0.25) is 4.98 Å². The standard InChI is InChI=1S/C16H19N3O2/c1-4-19(10-13-7-5-6-11(2)17-13)15-14(16(20)21)9-8-12(3)18-15/h5-9H,4,10H2,1-3H3,(H,20,21). The first-order valence-electron chi connectivity index (χ1n) is 6.89. The Kier molecular flexibility index (Phi) is 4.52. The van der Waals surface area contributed by atoms with E-state index in [1.807, 2.05) is 43.9 Å². The highest BCUT2D eigenvalue weighted by atomic mass is 16.4. The second-order valence-electron chi connectivity index (χ2n) is 4.91. The van der Waals surface area contributed by atoms with Crippen LogP contribution in [0.5, 0.6) is 0 Å². The first-order chi connectivity index (χ1) is 10.0. The second kappa shape index (κ2) is 6.35. The molecule has 5 nitrogen and oxygen atoms in total. The van der Waals surface area contributed by atoms with E-state index in [9.17, 15) is 9.90 Å². The lowest BCUT2D eigenvalue weighted by molar-refractivity contribution is 0.0697. The topological polar surface area (TPSA) is 66.3 Å². The highest BCUT2D eigenvalue weighted by Crippen LogP contribution is 2.20. The van der Waals surface area contributed by atoms with Crippen molar-refractivity contribution in [1.29, 1.82) is 0 Å². The normalized spacial score (nSPS) is 10.4. The number of aromatic nitrogens is 2. The maximum absolute atomic E-state index is 11.4. The van der Waals surface area contributed by atoms with Gasteiger partial charge in [-0.15, -0.1) is 0 Å². The minimum atomic E-state index is -0.965. The summed E-state index contributed by atoms with van der Waals surface area (Å²) in [6.45, 7) is 6.97. The van der Waals surface area contributed by atoms with E-state index in [2.05, 4.69) is 9.97 Å². The average Bonchev–Trinajstić information content (AvgIpc) is 2.44. The molecule has 0 saturated carbocycles. The Morgan fingerprint density at radius 1 is 1.14 bits per heavy atom. The summed E-state index contributed by atoms with van der Waals surface area (Å²) in [7, 11) is 0. The largest absolute Gasteiger partial charge is 0.478 e. The van der Waals surface area contributed by atoms with Crippen LogP contribution in [0.3, 0.4) is 0 Å². The second-order valence-corrected chi connectivity index (χ2v) is 4.91. The minimum Gasteiger partial charge on any atom is -0.478 e. The van der Waals surface area contributed by atoms with Crippen molar-refractivity contribution in [3.63, 3.8) is 0 Å². The summed E-state index contributed by atoms with van der Waals surface area (Å²) >= 11 is 0. The molecule has 0 aliphatic heterocycles. The van der Waals surface area contributed by atoms with Gasteiger partial charge < -0.3 is 10.0 Å². The van der Waals surface area contributed by atoms with Crippen LogP contribution in [0.15, 0.2) is 30.3 Å². The lowest BCUT2D eigenvalue weighted by atomic mass is 10.2. The zero-order chi connectivity index (χ0) is 15.4. The Labute approximate surface area is 124 Å². The van der Waals surface area contributed by atoms with Crippen molar-refractivity contribution < 1.29 is 9.90 Å². The molecular formula is C16H19N3O2. The van der Waals surface area contributed by atoms with Gasteiger partial charge in [0.05, 0.1) is 12.2 Å². The van der Waals surface area contributed by atoms with Gasteiger partial charge in [0.25, 0.3) is 0 Å². The van der Waals surface area contributed by atoms with Crippen molar-refractivity contribution in [1.82, 2.24) is 9.97 Å². The molecule has 0 aliphatic carbocycles. The molecule has 2 heterocycles. The molecule has 0 aromatic carbocycles. The summed E-state index contributed by atoms with van der Waals surface area (Å²) in [5.41, 5.74) is 2.86. The molecule has 5 heteroatoms. The first-order valence-corrected chi connectivity index (χ1v) is 6.89. The number of rotatable bonds is 5. The van der Waals surface area contributed by atoms with Gasteiger partial charge >= 0.3 is 5.97 Å². The van der Waals surface area contributed by atoms with Gasteiger partial charge in [-0.1, -0.05) is 6.07 Å². The summed E-state index contributed by atoms with van der Waals surface area (Å²) in [6.07, 6.45) is 0. The van der Waals surface area contributed by atoms with Gasteiger partial charge in [-0.2, -0.15) is 0 Å². The zero-order valence-corrected chi connectivity index (χ0v) is 12.5. The quantitative estimate of drug-likeness (QED) is 0.915. The van der Waals surface area contributed by atoms with Crippen molar-refractivity contribution in [2.24, 2.45) is 0 Å². The van der Waals surface area contributed by atoms with E-state index in [-0.39, 0.29) is 5.56 Å². The number of hydrogen-bond donors (Lipinski definition) is 1. The van der Waals surface area contributed by atoms with E-state index >= 15 is 0 Å². The predicted molar refractivity (Wildman–Crippen MR) is 81.6 cm³/mol. The maximum Gasteiger partial charge on any atom is 0.339 e. The van der Waals surface area contributed by atoms with Crippen LogP contribution < -0.4 is 4.90 Å². The lowest BCUT2D eigenvalue weighted by Gasteiger charge is -2.23. The molecule has 0 bridgehead atoms. The smallest absolute Gasteiger partial charge is 0.339 e. The van der Waals surface area contributed by atoms with Gasteiger partial charge in [0.15, 0.2) is 0 Å². The van der Waals surface area contributed by atoms with Gasteiger partial charge in [-0.05, 0) is 45.0 Å². The number of carboxylic acids is 1. The third kappa shape index (κ3) is 3.56. The van der Waals surface area contributed by atoms with Crippen LogP contribution in [0.4, 0.5) is 5.82 Å². The molecule has 1 N–H and O–H groups in total. The third-order valence-electron chi connectivity index (χ3n) is 3.22. The van der Waals surface area contributed by atoms with Crippen LogP contribution in [-0.2, 0) is 6.54 Å². The number of pyridine rings is 2. The van der Waals surface area contributed by atoms with Crippen LogP contribution in [0.1, 0.15) is 34.4 Å². The number of hydrogen-bond acceptors (Lipinski definition) is 4. The Bertz CT molecular complexity index is 656. The molecule has 0 saturated heterocycles. The molecule has 0 unspecified atom stereocenters.